The summed E-state index contributed by atoms with van der Waals surface area (Å²) < 4.78 is 26.6. The van der Waals surface area contributed by atoms with Crippen LogP contribution in [0.2, 0.25) is 0 Å². The minimum Gasteiger partial charge on any atom is -0.330 e. The SMILES string of the molecule is NCC1(C(N)c2cc(F)ccc2F)CCC1. The van der Waals surface area contributed by atoms with Crippen LogP contribution in [-0.4, -0.2) is 6.54 Å². The first-order valence-electron chi connectivity index (χ1n) is 5.50. The molecule has 0 aromatic heterocycles. The first kappa shape index (κ1) is 11.5. The molecule has 0 spiro atoms. The van der Waals surface area contributed by atoms with Crippen molar-refractivity contribution in [2.45, 2.75) is 25.3 Å². The highest BCUT2D eigenvalue weighted by atomic mass is 19.1. The fraction of sp³-hybridized carbons (Fsp3) is 0.500. The van der Waals surface area contributed by atoms with Gasteiger partial charge in [-0.25, -0.2) is 8.78 Å². The number of hydrogen-bond acceptors (Lipinski definition) is 2. The van der Waals surface area contributed by atoms with Gasteiger partial charge in [0.05, 0.1) is 0 Å². The van der Waals surface area contributed by atoms with Crippen molar-refractivity contribution in [1.29, 1.82) is 0 Å². The lowest BCUT2D eigenvalue weighted by molar-refractivity contribution is 0.102. The molecule has 2 nitrogen and oxygen atoms in total. The Morgan fingerprint density at radius 1 is 1.31 bits per heavy atom. The Kier molecular flexibility index (Phi) is 2.95. The summed E-state index contributed by atoms with van der Waals surface area (Å²) >= 11 is 0. The predicted octanol–water partition coefficient (Wildman–Crippen LogP) is 2.09. The molecule has 2 rings (SSSR count). The molecule has 0 heterocycles. The summed E-state index contributed by atoms with van der Waals surface area (Å²) in [7, 11) is 0. The summed E-state index contributed by atoms with van der Waals surface area (Å²) in [6, 6.07) is 2.88. The van der Waals surface area contributed by atoms with Gasteiger partial charge >= 0.3 is 0 Å². The Hall–Kier alpha value is -1.00. The van der Waals surface area contributed by atoms with Crippen molar-refractivity contribution in [3.63, 3.8) is 0 Å². The highest BCUT2D eigenvalue weighted by Crippen LogP contribution is 2.48. The van der Waals surface area contributed by atoms with E-state index in [9.17, 15) is 8.78 Å². The van der Waals surface area contributed by atoms with Crippen molar-refractivity contribution < 1.29 is 8.78 Å². The van der Waals surface area contributed by atoms with Gasteiger partial charge in [0.25, 0.3) is 0 Å². The molecular weight excluding hydrogens is 210 g/mol. The first-order valence-corrected chi connectivity index (χ1v) is 5.50. The van der Waals surface area contributed by atoms with Crippen LogP contribution in [0.1, 0.15) is 30.9 Å². The zero-order chi connectivity index (χ0) is 11.8. The van der Waals surface area contributed by atoms with Crippen LogP contribution in [0.5, 0.6) is 0 Å². The fourth-order valence-corrected chi connectivity index (χ4v) is 2.36. The summed E-state index contributed by atoms with van der Waals surface area (Å²) in [5.41, 5.74) is 11.7. The van der Waals surface area contributed by atoms with Crippen LogP contribution >= 0.6 is 0 Å². The molecule has 0 aliphatic heterocycles. The Labute approximate surface area is 93.6 Å². The monoisotopic (exact) mass is 226 g/mol. The lowest BCUT2D eigenvalue weighted by atomic mass is 9.62. The highest BCUT2D eigenvalue weighted by molar-refractivity contribution is 5.25. The van der Waals surface area contributed by atoms with Gasteiger partial charge in [0.2, 0.25) is 0 Å². The van der Waals surface area contributed by atoms with Crippen molar-refractivity contribution in [2.75, 3.05) is 6.54 Å². The third-order valence-electron chi connectivity index (χ3n) is 3.71. The molecule has 1 atom stereocenters. The second-order valence-corrected chi connectivity index (χ2v) is 4.56. The summed E-state index contributed by atoms with van der Waals surface area (Å²) in [5, 5.41) is 0. The van der Waals surface area contributed by atoms with Gasteiger partial charge in [0.15, 0.2) is 0 Å². The molecule has 1 fully saturated rings. The normalized spacial score (nSPS) is 20.2. The maximum absolute atomic E-state index is 13.6. The maximum atomic E-state index is 13.6. The van der Waals surface area contributed by atoms with Crippen molar-refractivity contribution in [2.24, 2.45) is 16.9 Å². The minimum atomic E-state index is -0.512. The molecule has 4 N–H and O–H groups in total. The van der Waals surface area contributed by atoms with Crippen molar-refractivity contribution in [3.8, 4) is 0 Å². The van der Waals surface area contributed by atoms with Crippen LogP contribution in [-0.2, 0) is 0 Å². The number of nitrogens with two attached hydrogens (primary N) is 2. The Morgan fingerprint density at radius 2 is 2.00 bits per heavy atom. The molecule has 16 heavy (non-hydrogen) atoms. The second kappa shape index (κ2) is 4.11. The highest BCUT2D eigenvalue weighted by Gasteiger charge is 2.42. The Morgan fingerprint density at radius 3 is 2.50 bits per heavy atom. The van der Waals surface area contributed by atoms with Crippen molar-refractivity contribution in [1.82, 2.24) is 0 Å². The largest absolute Gasteiger partial charge is 0.330 e. The second-order valence-electron chi connectivity index (χ2n) is 4.56. The van der Waals surface area contributed by atoms with E-state index in [1.54, 1.807) is 0 Å². The van der Waals surface area contributed by atoms with Gasteiger partial charge in [0, 0.05) is 17.0 Å². The van der Waals surface area contributed by atoms with Crippen LogP contribution < -0.4 is 11.5 Å². The third kappa shape index (κ3) is 1.72. The van der Waals surface area contributed by atoms with E-state index < -0.39 is 17.7 Å². The van der Waals surface area contributed by atoms with Gasteiger partial charge in [-0.2, -0.15) is 0 Å². The third-order valence-corrected chi connectivity index (χ3v) is 3.71. The topological polar surface area (TPSA) is 52.0 Å². The number of hydrogen-bond donors (Lipinski definition) is 2. The predicted molar refractivity (Wildman–Crippen MR) is 58.6 cm³/mol. The summed E-state index contributed by atoms with van der Waals surface area (Å²) in [4.78, 5) is 0. The van der Waals surface area contributed by atoms with Gasteiger partial charge in [-0.1, -0.05) is 6.42 Å². The van der Waals surface area contributed by atoms with Crippen LogP contribution in [0.25, 0.3) is 0 Å². The summed E-state index contributed by atoms with van der Waals surface area (Å²) in [6.45, 7) is 0.421. The van der Waals surface area contributed by atoms with Crippen LogP contribution in [0.3, 0.4) is 0 Å². The molecule has 1 aliphatic rings. The minimum absolute atomic E-state index is 0.241. The molecule has 0 bridgehead atoms. The zero-order valence-corrected chi connectivity index (χ0v) is 9.05. The number of benzene rings is 1. The molecule has 1 aromatic rings. The first-order chi connectivity index (χ1) is 7.59. The van der Waals surface area contributed by atoms with E-state index >= 15 is 0 Å². The van der Waals surface area contributed by atoms with Gasteiger partial charge in [-0.15, -0.1) is 0 Å². The average Bonchev–Trinajstić information content (AvgIpc) is 2.21. The molecule has 88 valence electrons. The van der Waals surface area contributed by atoms with E-state index in [2.05, 4.69) is 0 Å². The number of rotatable bonds is 3. The summed E-state index contributed by atoms with van der Waals surface area (Å²) in [6.07, 6.45) is 2.84. The van der Waals surface area contributed by atoms with Crippen LogP contribution in [0.15, 0.2) is 18.2 Å². The smallest absolute Gasteiger partial charge is 0.128 e. The Balaban J connectivity index is 2.32. The Bertz CT molecular complexity index is 383. The fourth-order valence-electron chi connectivity index (χ4n) is 2.36. The van der Waals surface area contributed by atoms with E-state index in [1.165, 1.54) is 6.07 Å². The van der Waals surface area contributed by atoms with Gasteiger partial charge in [-0.05, 0) is 37.6 Å². The van der Waals surface area contributed by atoms with Gasteiger partial charge in [0.1, 0.15) is 11.6 Å². The average molecular weight is 226 g/mol. The lowest BCUT2D eigenvalue weighted by Crippen LogP contribution is -2.46. The van der Waals surface area contributed by atoms with E-state index in [0.717, 1.165) is 31.4 Å². The van der Waals surface area contributed by atoms with E-state index in [1.807, 2.05) is 0 Å². The molecule has 1 aliphatic carbocycles. The van der Waals surface area contributed by atoms with Crippen molar-refractivity contribution >= 4 is 0 Å². The summed E-state index contributed by atoms with van der Waals surface area (Å²) in [5.74, 6) is -0.910. The van der Waals surface area contributed by atoms with Crippen LogP contribution in [0, 0.1) is 17.0 Å². The molecule has 1 unspecified atom stereocenters. The lowest BCUT2D eigenvalue weighted by Gasteiger charge is -2.45. The van der Waals surface area contributed by atoms with E-state index in [-0.39, 0.29) is 11.0 Å². The van der Waals surface area contributed by atoms with Crippen molar-refractivity contribution in [3.05, 3.63) is 35.4 Å². The molecule has 0 saturated heterocycles. The quantitative estimate of drug-likeness (QED) is 0.829. The molecule has 1 aromatic carbocycles. The van der Waals surface area contributed by atoms with Crippen LogP contribution in [0.4, 0.5) is 8.78 Å². The zero-order valence-electron chi connectivity index (χ0n) is 9.05. The van der Waals surface area contributed by atoms with E-state index in [0.29, 0.717) is 6.54 Å². The maximum Gasteiger partial charge on any atom is 0.128 e. The molecule has 0 amide bonds. The number of halogens is 2. The molecular formula is C12H16F2N2. The molecule has 0 radical (unpaired) electrons. The molecule has 1 saturated carbocycles. The van der Waals surface area contributed by atoms with Gasteiger partial charge in [-0.3, -0.25) is 0 Å². The standard InChI is InChI=1S/C12H16F2N2/c13-8-2-3-10(14)9(6-8)11(16)12(7-15)4-1-5-12/h2-3,6,11H,1,4-5,7,15-16H2. The molecule has 4 heteroatoms. The van der Waals surface area contributed by atoms with E-state index in [4.69, 9.17) is 11.5 Å². The van der Waals surface area contributed by atoms with Gasteiger partial charge < -0.3 is 11.5 Å².